The van der Waals surface area contributed by atoms with Gasteiger partial charge in [-0.05, 0) is 54.7 Å². The van der Waals surface area contributed by atoms with Gasteiger partial charge in [-0.3, -0.25) is 4.79 Å². The average Bonchev–Trinajstić information content (AvgIpc) is 2.82. The molecule has 2 atom stereocenters. The Morgan fingerprint density at radius 3 is 2.50 bits per heavy atom. The van der Waals surface area contributed by atoms with Crippen molar-refractivity contribution in [1.29, 1.82) is 0 Å². The molecule has 2 aromatic rings. The summed E-state index contributed by atoms with van der Waals surface area (Å²) in [5.41, 5.74) is 3.21. The first-order valence-electron chi connectivity index (χ1n) is 12.1. The van der Waals surface area contributed by atoms with Gasteiger partial charge in [0.1, 0.15) is 18.2 Å². The molecule has 0 spiro atoms. The topological polar surface area (TPSA) is 73.9 Å². The third-order valence-electron chi connectivity index (χ3n) is 6.59. The lowest BCUT2D eigenvalue weighted by molar-refractivity contribution is -0.139. The number of ketones is 1. The number of hydrogen-bond acceptors (Lipinski definition) is 6. The van der Waals surface area contributed by atoms with Gasteiger partial charge in [-0.2, -0.15) is 0 Å². The molecule has 190 valence electrons. The summed E-state index contributed by atoms with van der Waals surface area (Å²) in [6.07, 6.45) is 2.47. The Morgan fingerprint density at radius 1 is 1.11 bits per heavy atom. The van der Waals surface area contributed by atoms with Crippen LogP contribution in [0.25, 0.3) is 0 Å². The van der Waals surface area contributed by atoms with Crippen LogP contribution in [-0.2, 0) is 20.9 Å². The molecule has 0 aromatic heterocycles. The summed E-state index contributed by atoms with van der Waals surface area (Å²) in [5.74, 6) is -0.762. The molecule has 1 heterocycles. The minimum Gasteiger partial charge on any atom is -0.493 e. The summed E-state index contributed by atoms with van der Waals surface area (Å²) in [6, 6.07) is 11.5. The normalized spacial score (nSPS) is 20.7. The maximum absolute atomic E-state index is 13.4. The maximum atomic E-state index is 13.4. The van der Waals surface area contributed by atoms with E-state index in [1.54, 1.807) is 32.2 Å². The summed E-state index contributed by atoms with van der Waals surface area (Å²) in [7, 11) is 1.54. The molecule has 0 saturated carbocycles. The van der Waals surface area contributed by atoms with E-state index >= 15 is 0 Å². The van der Waals surface area contributed by atoms with Crippen molar-refractivity contribution in [3.63, 3.8) is 0 Å². The standard InChI is InChI=1S/C29H32FNO5/c1-6-35-28(33)25-17(2)31-21-14-29(3,4)15-22(32)27(21)26(25)19-9-12-23(24(13-19)34-5)36-16-18-7-10-20(30)11-8-18/h7-14,26-27,31H,6,15-16H2,1-5H3. The van der Waals surface area contributed by atoms with E-state index in [4.69, 9.17) is 14.2 Å². The lowest BCUT2D eigenvalue weighted by Crippen LogP contribution is -2.43. The number of esters is 1. The van der Waals surface area contributed by atoms with Gasteiger partial charge < -0.3 is 19.5 Å². The highest BCUT2D eigenvalue weighted by molar-refractivity contribution is 5.96. The average molecular weight is 494 g/mol. The molecule has 0 saturated heterocycles. The molecule has 0 amide bonds. The highest BCUT2D eigenvalue weighted by Gasteiger charge is 2.46. The zero-order valence-electron chi connectivity index (χ0n) is 21.3. The molecule has 0 radical (unpaired) electrons. The van der Waals surface area contributed by atoms with Crippen molar-refractivity contribution in [1.82, 2.24) is 5.32 Å². The fraction of sp³-hybridized carbons (Fsp3) is 0.379. The van der Waals surface area contributed by atoms with E-state index in [-0.39, 0.29) is 30.2 Å². The Hall–Kier alpha value is -3.61. The first-order chi connectivity index (χ1) is 17.1. The molecular formula is C29H32FNO5. The first kappa shape index (κ1) is 25.5. The Labute approximate surface area is 211 Å². The summed E-state index contributed by atoms with van der Waals surface area (Å²) in [6.45, 7) is 8.12. The van der Waals surface area contributed by atoms with E-state index in [1.807, 2.05) is 32.9 Å². The molecule has 0 bridgehead atoms. The summed E-state index contributed by atoms with van der Waals surface area (Å²) in [5, 5.41) is 3.31. The highest BCUT2D eigenvalue weighted by atomic mass is 19.1. The monoisotopic (exact) mass is 493 g/mol. The van der Waals surface area contributed by atoms with Gasteiger partial charge in [-0.25, -0.2) is 9.18 Å². The number of carbonyl (C=O) groups excluding carboxylic acids is 2. The highest BCUT2D eigenvalue weighted by Crippen LogP contribution is 2.48. The molecule has 2 aromatic carbocycles. The van der Waals surface area contributed by atoms with Gasteiger partial charge in [0.2, 0.25) is 0 Å². The number of rotatable bonds is 7. The van der Waals surface area contributed by atoms with Crippen molar-refractivity contribution in [3.05, 3.63) is 82.5 Å². The number of carbonyl (C=O) groups is 2. The van der Waals surface area contributed by atoms with Crippen molar-refractivity contribution >= 4 is 11.8 Å². The predicted octanol–water partition coefficient (Wildman–Crippen LogP) is 5.44. The van der Waals surface area contributed by atoms with Crippen LogP contribution in [0.1, 0.15) is 51.2 Å². The molecule has 1 aliphatic heterocycles. The number of methoxy groups -OCH3 is 1. The fourth-order valence-corrected chi connectivity index (χ4v) is 5.04. The Morgan fingerprint density at radius 2 is 1.83 bits per heavy atom. The second-order valence-electron chi connectivity index (χ2n) is 9.90. The zero-order chi connectivity index (χ0) is 26.0. The molecule has 1 aliphatic carbocycles. The van der Waals surface area contributed by atoms with Crippen LogP contribution in [0.3, 0.4) is 0 Å². The van der Waals surface area contributed by atoms with Crippen LogP contribution in [0.2, 0.25) is 0 Å². The summed E-state index contributed by atoms with van der Waals surface area (Å²) in [4.78, 5) is 26.5. The maximum Gasteiger partial charge on any atom is 0.336 e. The summed E-state index contributed by atoms with van der Waals surface area (Å²) >= 11 is 0. The molecule has 2 aliphatic rings. The van der Waals surface area contributed by atoms with Gasteiger partial charge in [-0.15, -0.1) is 0 Å². The Bertz CT molecular complexity index is 1230. The van der Waals surface area contributed by atoms with Crippen LogP contribution >= 0.6 is 0 Å². The third-order valence-corrected chi connectivity index (χ3v) is 6.59. The molecule has 1 N–H and O–H groups in total. The molecule has 6 nitrogen and oxygen atoms in total. The van der Waals surface area contributed by atoms with Crippen molar-refractivity contribution in [2.45, 2.75) is 46.6 Å². The summed E-state index contributed by atoms with van der Waals surface area (Å²) < 4.78 is 30.2. The van der Waals surface area contributed by atoms with Gasteiger partial charge in [-0.1, -0.05) is 38.1 Å². The quantitative estimate of drug-likeness (QED) is 0.518. The molecular weight excluding hydrogens is 461 g/mol. The van der Waals surface area contributed by atoms with Crippen LogP contribution in [0.5, 0.6) is 11.5 Å². The van der Waals surface area contributed by atoms with Gasteiger partial charge in [0.25, 0.3) is 0 Å². The van der Waals surface area contributed by atoms with Crippen LogP contribution in [0.4, 0.5) is 4.39 Å². The van der Waals surface area contributed by atoms with E-state index in [9.17, 15) is 14.0 Å². The number of allylic oxidation sites excluding steroid dienone is 3. The van der Waals surface area contributed by atoms with E-state index < -0.39 is 17.8 Å². The molecule has 4 rings (SSSR count). The SMILES string of the molecule is CCOC(=O)C1=C(C)NC2=CC(C)(C)CC(=O)C2C1c1ccc(OCc2ccc(F)cc2)c(OC)c1. The van der Waals surface area contributed by atoms with Gasteiger partial charge in [0.05, 0.1) is 25.2 Å². The van der Waals surface area contributed by atoms with Gasteiger partial charge >= 0.3 is 5.97 Å². The minimum absolute atomic E-state index is 0.0694. The van der Waals surface area contributed by atoms with Crippen LogP contribution in [0, 0.1) is 17.2 Å². The van der Waals surface area contributed by atoms with E-state index in [0.717, 1.165) is 16.8 Å². The van der Waals surface area contributed by atoms with E-state index in [0.29, 0.717) is 29.2 Å². The molecule has 0 fully saturated rings. The van der Waals surface area contributed by atoms with E-state index in [2.05, 4.69) is 11.4 Å². The van der Waals surface area contributed by atoms with Crippen molar-refractivity contribution in [3.8, 4) is 11.5 Å². The van der Waals surface area contributed by atoms with Crippen molar-refractivity contribution < 1.29 is 28.2 Å². The van der Waals surface area contributed by atoms with Gasteiger partial charge in [0, 0.05) is 23.7 Å². The lowest BCUT2D eigenvalue weighted by atomic mass is 9.66. The van der Waals surface area contributed by atoms with Crippen LogP contribution in [-0.4, -0.2) is 25.5 Å². The Kier molecular flexibility index (Phi) is 7.20. The fourth-order valence-electron chi connectivity index (χ4n) is 5.04. The number of nitrogens with one attached hydrogen (secondary N) is 1. The number of Topliss-reactive ketones (excluding diaryl/α,β-unsaturated/α-hetero) is 1. The first-order valence-corrected chi connectivity index (χ1v) is 12.1. The number of benzene rings is 2. The Balaban J connectivity index is 1.74. The minimum atomic E-state index is -0.531. The van der Waals surface area contributed by atoms with Crippen molar-refractivity contribution in [2.24, 2.45) is 11.3 Å². The second-order valence-corrected chi connectivity index (χ2v) is 9.90. The zero-order valence-corrected chi connectivity index (χ0v) is 21.3. The number of fused-ring (bicyclic) bond motifs is 1. The second kappa shape index (κ2) is 10.2. The third kappa shape index (κ3) is 5.15. The van der Waals surface area contributed by atoms with E-state index in [1.165, 1.54) is 12.1 Å². The number of ether oxygens (including phenoxy) is 3. The van der Waals surface area contributed by atoms with Crippen LogP contribution in [0.15, 0.2) is 65.5 Å². The predicted molar refractivity (Wildman–Crippen MR) is 134 cm³/mol. The van der Waals surface area contributed by atoms with Crippen LogP contribution < -0.4 is 14.8 Å². The van der Waals surface area contributed by atoms with Crippen molar-refractivity contribution in [2.75, 3.05) is 13.7 Å². The largest absolute Gasteiger partial charge is 0.493 e. The smallest absolute Gasteiger partial charge is 0.336 e. The molecule has 7 heteroatoms. The lowest BCUT2D eigenvalue weighted by Gasteiger charge is -2.41. The number of hydrogen-bond donors (Lipinski definition) is 1. The molecule has 2 unspecified atom stereocenters. The molecule has 36 heavy (non-hydrogen) atoms. The van der Waals surface area contributed by atoms with Gasteiger partial charge in [0.15, 0.2) is 11.5 Å². The number of halogens is 1.